The van der Waals surface area contributed by atoms with Gasteiger partial charge in [-0.25, -0.2) is 4.98 Å². The number of alkyl halides is 3. The maximum absolute atomic E-state index is 13.6. The molecule has 0 spiro atoms. The first-order valence-electron chi connectivity index (χ1n) is 19.7. The number of carbonyl (C=O) groups is 1. The van der Waals surface area contributed by atoms with E-state index < -0.39 is 22.9 Å². The molecule has 60 heavy (non-hydrogen) atoms. The van der Waals surface area contributed by atoms with Crippen molar-refractivity contribution in [2.24, 2.45) is 12.8 Å². The van der Waals surface area contributed by atoms with Crippen LogP contribution in [0.3, 0.4) is 0 Å². The number of carbonyl (C=O) groups excluding carboxylic acids is 1. The number of amides is 1. The molecular formula is C42H50Cl2F3N5O6S2. The van der Waals surface area contributed by atoms with Crippen LogP contribution in [0, 0.1) is 0 Å². The fraction of sp³-hybridized carbons (Fsp3) is 0.429. The van der Waals surface area contributed by atoms with E-state index in [1.165, 1.54) is 44.1 Å². The average Bonchev–Trinajstić information content (AvgIpc) is 3.74. The number of benzene rings is 2. The molecule has 0 aliphatic carbocycles. The highest BCUT2D eigenvalue weighted by Crippen LogP contribution is 2.34. The lowest BCUT2D eigenvalue weighted by atomic mass is 10.1. The Balaban J connectivity index is 0.000000538. The fourth-order valence-electron chi connectivity index (χ4n) is 6.74. The van der Waals surface area contributed by atoms with E-state index in [2.05, 4.69) is 16.0 Å². The zero-order valence-corrected chi connectivity index (χ0v) is 36.4. The molecule has 1 saturated heterocycles. The molecule has 0 bridgehead atoms. The quantitative estimate of drug-likeness (QED) is 0.0649. The summed E-state index contributed by atoms with van der Waals surface area (Å²) in [5.41, 5.74) is 9.26. The Kier molecular flexibility index (Phi) is 17.5. The first-order chi connectivity index (χ1) is 28.6. The molecule has 1 amide bonds. The van der Waals surface area contributed by atoms with Crippen molar-refractivity contribution in [2.45, 2.75) is 75.4 Å². The molecule has 4 heterocycles. The minimum absolute atomic E-state index is 0.0215. The summed E-state index contributed by atoms with van der Waals surface area (Å²) in [4.78, 5) is 21.8. The molecule has 11 nitrogen and oxygen atoms in total. The van der Waals surface area contributed by atoms with Crippen LogP contribution in [0.2, 0.25) is 8.67 Å². The van der Waals surface area contributed by atoms with Crippen LogP contribution >= 0.6 is 34.5 Å². The van der Waals surface area contributed by atoms with E-state index in [0.717, 1.165) is 59.7 Å². The standard InChI is InChI=1S/C38H48F3N5O3.C4H2Cl2O3S2/c1-44-34-25-33(49-36-18-13-29(26-43-36)10-8-6-4-2-3-5-7-9-19-42)17-14-31(34)24-35(44)37(47)46-22-20-45(21-23-46)27-30-11-15-32(16-12-30)48-28-38(39,40)41;5-3-1-2(4(6)10-3)11(7,8)9/h11-18,24-26H,2-10,19-23,27-28,42H2,1H3;1H,(H,7,8,9). The number of pyridine rings is 1. The number of ether oxygens (including phenoxy) is 2. The molecular weight excluding hydrogens is 863 g/mol. The summed E-state index contributed by atoms with van der Waals surface area (Å²) in [6.07, 6.45) is 8.49. The summed E-state index contributed by atoms with van der Waals surface area (Å²) in [5, 5.41) is 0.957. The van der Waals surface area contributed by atoms with E-state index in [0.29, 0.717) is 50.0 Å². The lowest BCUT2D eigenvalue weighted by Crippen LogP contribution is -2.48. The summed E-state index contributed by atoms with van der Waals surface area (Å²) in [6, 6.07) is 19.5. The minimum Gasteiger partial charge on any atom is -0.484 e. The van der Waals surface area contributed by atoms with Gasteiger partial charge in [0.05, 0.1) is 9.85 Å². The van der Waals surface area contributed by atoms with Crippen LogP contribution in [0.5, 0.6) is 17.4 Å². The molecule has 1 fully saturated rings. The third-order valence-electron chi connectivity index (χ3n) is 9.97. The van der Waals surface area contributed by atoms with E-state index in [4.69, 9.17) is 43.0 Å². The van der Waals surface area contributed by atoms with Gasteiger partial charge in [0.15, 0.2) is 6.61 Å². The SMILES string of the molecule is Cn1c(C(=O)N2CCN(Cc3ccc(OCC(F)(F)F)cc3)CC2)cc2ccc(Oc3ccc(CCCCCCCCCCN)cn3)cc21.O=S(=O)(O)c1cc(Cl)sc1Cl. The van der Waals surface area contributed by atoms with E-state index >= 15 is 0 Å². The van der Waals surface area contributed by atoms with Gasteiger partial charge in [0.1, 0.15) is 26.4 Å². The maximum Gasteiger partial charge on any atom is 0.422 e. The van der Waals surface area contributed by atoms with Crippen LogP contribution in [0.1, 0.15) is 73.0 Å². The highest BCUT2D eigenvalue weighted by Gasteiger charge is 2.28. The first-order valence-corrected chi connectivity index (χ1v) is 22.8. The number of piperazine rings is 1. The van der Waals surface area contributed by atoms with Gasteiger partial charge in [-0.2, -0.15) is 21.6 Å². The molecule has 326 valence electrons. The molecule has 1 aliphatic heterocycles. The van der Waals surface area contributed by atoms with Gasteiger partial charge in [-0.05, 0) is 73.3 Å². The van der Waals surface area contributed by atoms with Crippen LogP contribution in [-0.2, 0) is 30.1 Å². The molecule has 1 aliphatic rings. The molecule has 0 atom stereocenters. The second-order valence-corrected chi connectivity index (χ2v) is 18.2. The largest absolute Gasteiger partial charge is 0.484 e. The average molecular weight is 913 g/mol. The van der Waals surface area contributed by atoms with Gasteiger partial charge in [-0.1, -0.05) is 79.9 Å². The maximum atomic E-state index is 13.6. The Morgan fingerprint density at radius 3 is 2.07 bits per heavy atom. The number of thiophene rings is 1. The topological polar surface area (TPSA) is 140 Å². The van der Waals surface area contributed by atoms with Crippen molar-refractivity contribution in [3.63, 3.8) is 0 Å². The number of rotatable bonds is 18. The summed E-state index contributed by atoms with van der Waals surface area (Å²) < 4.78 is 79.7. The number of unbranched alkanes of at least 4 members (excludes halogenated alkanes) is 7. The highest BCUT2D eigenvalue weighted by molar-refractivity contribution is 7.86. The van der Waals surface area contributed by atoms with E-state index in [1.54, 1.807) is 24.3 Å². The second-order valence-electron chi connectivity index (χ2n) is 14.6. The van der Waals surface area contributed by atoms with Crippen LogP contribution in [0.15, 0.2) is 77.8 Å². The summed E-state index contributed by atoms with van der Waals surface area (Å²) in [7, 11) is -2.32. The Morgan fingerprint density at radius 1 is 0.867 bits per heavy atom. The number of halogens is 5. The number of nitrogens with zero attached hydrogens (tertiary/aromatic N) is 4. The Labute approximate surface area is 362 Å². The number of hydrogen-bond acceptors (Lipinski definition) is 9. The molecule has 5 aromatic rings. The molecule has 3 N–H and O–H groups in total. The lowest BCUT2D eigenvalue weighted by Gasteiger charge is -2.34. The highest BCUT2D eigenvalue weighted by atomic mass is 35.5. The number of aromatic nitrogens is 2. The first kappa shape index (κ1) is 47.2. The fourth-order valence-corrected chi connectivity index (χ4v) is 9.35. The summed E-state index contributed by atoms with van der Waals surface area (Å²) in [6.45, 7) is 2.69. The van der Waals surface area contributed by atoms with Crippen molar-refractivity contribution in [3.8, 4) is 17.4 Å². The van der Waals surface area contributed by atoms with Gasteiger partial charge in [-0.15, -0.1) is 11.3 Å². The number of nitrogens with two attached hydrogens (primary N) is 1. The minimum atomic E-state index is -4.37. The van der Waals surface area contributed by atoms with Gasteiger partial charge < -0.3 is 24.7 Å². The molecule has 0 radical (unpaired) electrons. The number of aryl methyl sites for hydroxylation is 2. The molecule has 3 aromatic heterocycles. The van der Waals surface area contributed by atoms with Gasteiger partial charge in [0.2, 0.25) is 5.88 Å². The Hall–Kier alpha value is -3.90. The van der Waals surface area contributed by atoms with Gasteiger partial charge in [0.25, 0.3) is 16.0 Å². The summed E-state index contributed by atoms with van der Waals surface area (Å²) >= 11 is 11.7. The zero-order valence-electron chi connectivity index (χ0n) is 33.3. The van der Waals surface area contributed by atoms with Gasteiger partial charge >= 0.3 is 6.18 Å². The van der Waals surface area contributed by atoms with E-state index in [9.17, 15) is 26.4 Å². The van der Waals surface area contributed by atoms with Crippen LogP contribution in [0.4, 0.5) is 13.2 Å². The lowest BCUT2D eigenvalue weighted by molar-refractivity contribution is -0.153. The van der Waals surface area contributed by atoms with Crippen molar-refractivity contribution in [1.29, 1.82) is 0 Å². The Bertz CT molecular complexity index is 2250. The van der Waals surface area contributed by atoms with Gasteiger partial charge in [0, 0.05) is 63.5 Å². The van der Waals surface area contributed by atoms with Crippen molar-refractivity contribution in [1.82, 2.24) is 19.4 Å². The predicted molar refractivity (Wildman–Crippen MR) is 230 cm³/mol. The molecule has 18 heteroatoms. The van der Waals surface area contributed by atoms with Crippen LogP contribution < -0.4 is 15.2 Å². The normalized spacial score (nSPS) is 13.6. The van der Waals surface area contributed by atoms with Gasteiger partial charge in [-0.3, -0.25) is 14.2 Å². The van der Waals surface area contributed by atoms with E-state index in [-0.39, 0.29) is 25.2 Å². The van der Waals surface area contributed by atoms with Crippen molar-refractivity contribution in [3.05, 3.63) is 98.4 Å². The predicted octanol–water partition coefficient (Wildman–Crippen LogP) is 10.2. The molecule has 0 saturated carbocycles. The zero-order chi connectivity index (χ0) is 43.3. The van der Waals surface area contributed by atoms with Crippen LogP contribution in [0.25, 0.3) is 10.9 Å². The molecule has 0 unspecified atom stereocenters. The monoisotopic (exact) mass is 911 g/mol. The van der Waals surface area contributed by atoms with Crippen molar-refractivity contribution >= 4 is 61.5 Å². The number of hydrogen-bond donors (Lipinski definition) is 2. The van der Waals surface area contributed by atoms with Crippen molar-refractivity contribution < 1.29 is 40.4 Å². The summed E-state index contributed by atoms with van der Waals surface area (Å²) in [5.74, 6) is 1.36. The Morgan fingerprint density at radius 2 is 1.50 bits per heavy atom. The van der Waals surface area contributed by atoms with E-state index in [1.807, 2.05) is 53.0 Å². The third kappa shape index (κ3) is 14.6. The smallest absolute Gasteiger partial charge is 0.422 e. The van der Waals surface area contributed by atoms with Crippen LogP contribution in [-0.4, -0.2) is 83.7 Å². The molecule has 6 rings (SSSR count). The second kappa shape index (κ2) is 22.3. The van der Waals surface area contributed by atoms with Crippen molar-refractivity contribution in [2.75, 3.05) is 39.3 Å². The number of fused-ring (bicyclic) bond motifs is 1. The molecule has 2 aromatic carbocycles. The third-order valence-corrected chi connectivity index (χ3v) is 12.6.